The van der Waals surface area contributed by atoms with E-state index in [-0.39, 0.29) is 11.8 Å². The quantitative estimate of drug-likeness (QED) is 0.538. The summed E-state index contributed by atoms with van der Waals surface area (Å²) in [5, 5.41) is 31.0. The van der Waals surface area contributed by atoms with Crippen molar-refractivity contribution in [1.82, 2.24) is 10.2 Å². The normalized spacial score (nSPS) is 13.0. The van der Waals surface area contributed by atoms with Crippen LogP contribution in [0.3, 0.4) is 0 Å². The lowest BCUT2D eigenvalue weighted by Crippen LogP contribution is -2.23. The Balaban J connectivity index is 1.92. The first-order valence-electron chi connectivity index (χ1n) is 8.25. The molecule has 0 aliphatic heterocycles. The number of nitrogens with zero attached hydrogens (tertiary/aromatic N) is 3. The highest BCUT2D eigenvalue weighted by Crippen LogP contribution is 2.35. The Hall–Kier alpha value is -3.15. The summed E-state index contributed by atoms with van der Waals surface area (Å²) in [5.41, 5.74) is 1.91. The van der Waals surface area contributed by atoms with Crippen molar-refractivity contribution < 1.29 is 19.0 Å². The number of halogens is 2. The Bertz CT molecular complexity index is 1060. The lowest BCUT2D eigenvalue weighted by Gasteiger charge is -2.21. The van der Waals surface area contributed by atoms with Gasteiger partial charge in [0, 0.05) is 11.3 Å². The standard InChI is InChI=1S/C19H16ClFN4O3/c1-9-13(6-7-14(22-3)16(9)20)23-17(10(2)26)19-25-24-18(28-19)11-4-5-12(21)15(27)8-11/h4-8,10,17,23,26-27H,1-2H3/t10-,17?/m1/s1. The zero-order valence-corrected chi connectivity index (χ0v) is 15.7. The number of hydrogen-bond acceptors (Lipinski definition) is 6. The number of benzene rings is 2. The Morgan fingerprint density at radius 1 is 1.29 bits per heavy atom. The molecule has 3 rings (SSSR count). The van der Waals surface area contributed by atoms with Gasteiger partial charge in [-0.3, -0.25) is 0 Å². The van der Waals surface area contributed by atoms with E-state index in [9.17, 15) is 14.6 Å². The van der Waals surface area contributed by atoms with Gasteiger partial charge in [-0.2, -0.15) is 0 Å². The minimum absolute atomic E-state index is 0.0656. The lowest BCUT2D eigenvalue weighted by molar-refractivity contribution is 0.159. The molecule has 1 heterocycles. The maximum absolute atomic E-state index is 13.2. The molecule has 3 aromatic rings. The van der Waals surface area contributed by atoms with Gasteiger partial charge in [0.05, 0.1) is 17.7 Å². The first-order chi connectivity index (χ1) is 13.3. The number of aliphatic hydroxyl groups is 1. The summed E-state index contributed by atoms with van der Waals surface area (Å²) in [7, 11) is 0. The van der Waals surface area contributed by atoms with Gasteiger partial charge >= 0.3 is 0 Å². The molecule has 0 bridgehead atoms. The molecule has 9 heteroatoms. The topological polar surface area (TPSA) is 95.8 Å². The second kappa shape index (κ2) is 7.84. The van der Waals surface area contributed by atoms with Gasteiger partial charge in [0.25, 0.3) is 0 Å². The van der Waals surface area contributed by atoms with Crippen LogP contribution in [0.1, 0.15) is 24.4 Å². The summed E-state index contributed by atoms with van der Waals surface area (Å²) in [6.45, 7) is 10.4. The zero-order chi connectivity index (χ0) is 20.4. The highest BCUT2D eigenvalue weighted by atomic mass is 35.5. The number of nitrogens with one attached hydrogen (secondary N) is 1. The molecule has 2 aromatic carbocycles. The van der Waals surface area contributed by atoms with Gasteiger partial charge in [0.15, 0.2) is 11.6 Å². The van der Waals surface area contributed by atoms with E-state index < -0.39 is 23.7 Å². The predicted octanol–water partition coefficient (Wildman–Crippen LogP) is 4.63. The summed E-state index contributed by atoms with van der Waals surface area (Å²) >= 11 is 6.20. The van der Waals surface area contributed by atoms with Crippen molar-refractivity contribution >= 4 is 23.0 Å². The van der Waals surface area contributed by atoms with E-state index in [2.05, 4.69) is 20.4 Å². The van der Waals surface area contributed by atoms with Crippen LogP contribution in [-0.4, -0.2) is 26.5 Å². The fourth-order valence-electron chi connectivity index (χ4n) is 2.59. The molecule has 0 saturated carbocycles. The number of phenols is 1. The third-order valence-corrected chi connectivity index (χ3v) is 4.66. The molecule has 0 amide bonds. The highest BCUT2D eigenvalue weighted by molar-refractivity contribution is 6.34. The number of rotatable bonds is 5. The van der Waals surface area contributed by atoms with Crippen molar-refractivity contribution in [3.05, 3.63) is 64.0 Å². The average Bonchev–Trinajstić information content (AvgIpc) is 3.14. The number of phenolic OH excluding ortho intramolecular Hbond substituents is 1. The zero-order valence-electron chi connectivity index (χ0n) is 14.9. The van der Waals surface area contributed by atoms with Crippen molar-refractivity contribution in [2.24, 2.45) is 0 Å². The van der Waals surface area contributed by atoms with E-state index in [1.807, 2.05) is 0 Å². The largest absolute Gasteiger partial charge is 0.505 e. The summed E-state index contributed by atoms with van der Waals surface area (Å²) in [6, 6.07) is 6.14. The molecule has 144 valence electrons. The second-order valence-corrected chi connectivity index (χ2v) is 6.54. The molecule has 0 spiro atoms. The Morgan fingerprint density at radius 3 is 2.68 bits per heavy atom. The van der Waals surface area contributed by atoms with E-state index >= 15 is 0 Å². The lowest BCUT2D eigenvalue weighted by atomic mass is 10.1. The highest BCUT2D eigenvalue weighted by Gasteiger charge is 2.25. The number of aromatic hydroxyl groups is 1. The molecular weight excluding hydrogens is 387 g/mol. The van der Waals surface area contributed by atoms with E-state index in [0.29, 0.717) is 27.5 Å². The van der Waals surface area contributed by atoms with E-state index in [1.165, 1.54) is 12.1 Å². The first-order valence-corrected chi connectivity index (χ1v) is 8.63. The molecule has 0 aliphatic rings. The summed E-state index contributed by atoms with van der Waals surface area (Å²) in [6.07, 6.45) is -0.909. The van der Waals surface area contributed by atoms with E-state index in [4.69, 9.17) is 22.6 Å². The van der Waals surface area contributed by atoms with Gasteiger partial charge in [-0.05, 0) is 43.7 Å². The van der Waals surface area contributed by atoms with E-state index in [0.717, 1.165) is 6.07 Å². The van der Waals surface area contributed by atoms with Gasteiger partial charge < -0.3 is 19.9 Å². The molecular formula is C19H16ClFN4O3. The Labute approximate surface area is 165 Å². The number of aromatic nitrogens is 2. The van der Waals surface area contributed by atoms with Crippen LogP contribution in [0.4, 0.5) is 15.8 Å². The SMILES string of the molecule is [C-]#[N+]c1ccc(NC(c2nnc(-c3ccc(F)c(O)c3)o2)[C@@H](C)O)c(C)c1Cl. The maximum Gasteiger partial charge on any atom is 0.248 e. The molecule has 0 aliphatic carbocycles. The van der Waals surface area contributed by atoms with Crippen LogP contribution >= 0.6 is 11.6 Å². The van der Waals surface area contributed by atoms with Gasteiger partial charge in [0.1, 0.15) is 6.04 Å². The molecule has 1 unspecified atom stereocenters. The molecule has 0 saturated heterocycles. The minimum Gasteiger partial charge on any atom is -0.505 e. The molecule has 1 aromatic heterocycles. The molecule has 0 fully saturated rings. The van der Waals surface area contributed by atoms with Gasteiger partial charge in [-0.1, -0.05) is 17.7 Å². The maximum atomic E-state index is 13.2. The Kier molecular flexibility index (Phi) is 5.49. The minimum atomic E-state index is -0.909. The van der Waals surface area contributed by atoms with Crippen LogP contribution in [0, 0.1) is 19.3 Å². The van der Waals surface area contributed by atoms with Crippen LogP contribution < -0.4 is 5.32 Å². The van der Waals surface area contributed by atoms with Crippen molar-refractivity contribution in [1.29, 1.82) is 0 Å². The number of hydrogen-bond donors (Lipinski definition) is 3. The fraction of sp³-hybridized carbons (Fsp3) is 0.211. The summed E-state index contributed by atoms with van der Waals surface area (Å²) in [4.78, 5) is 3.35. The van der Waals surface area contributed by atoms with Crippen LogP contribution in [-0.2, 0) is 0 Å². The molecule has 2 atom stereocenters. The molecule has 3 N–H and O–H groups in total. The molecule has 28 heavy (non-hydrogen) atoms. The molecule has 0 radical (unpaired) electrons. The number of aliphatic hydroxyl groups excluding tert-OH is 1. The first kappa shape index (κ1) is 19.6. The third kappa shape index (κ3) is 3.76. The predicted molar refractivity (Wildman–Crippen MR) is 102 cm³/mol. The van der Waals surface area contributed by atoms with Crippen LogP contribution in [0.5, 0.6) is 5.75 Å². The van der Waals surface area contributed by atoms with Gasteiger partial charge in [0.2, 0.25) is 17.5 Å². The van der Waals surface area contributed by atoms with Gasteiger partial charge in [-0.25, -0.2) is 9.24 Å². The smallest absolute Gasteiger partial charge is 0.248 e. The molecule has 7 nitrogen and oxygen atoms in total. The van der Waals surface area contributed by atoms with E-state index in [1.54, 1.807) is 26.0 Å². The van der Waals surface area contributed by atoms with Crippen LogP contribution in [0.15, 0.2) is 34.7 Å². The van der Waals surface area contributed by atoms with Crippen molar-refractivity contribution in [2.45, 2.75) is 26.0 Å². The summed E-state index contributed by atoms with van der Waals surface area (Å²) in [5.74, 6) is -1.13. The third-order valence-electron chi connectivity index (χ3n) is 4.18. The Morgan fingerprint density at radius 2 is 2.04 bits per heavy atom. The average molecular weight is 403 g/mol. The van der Waals surface area contributed by atoms with Crippen molar-refractivity contribution in [2.75, 3.05) is 5.32 Å². The monoisotopic (exact) mass is 402 g/mol. The van der Waals surface area contributed by atoms with Crippen LogP contribution in [0.2, 0.25) is 5.02 Å². The van der Waals surface area contributed by atoms with Crippen LogP contribution in [0.25, 0.3) is 16.3 Å². The summed E-state index contributed by atoms with van der Waals surface area (Å²) < 4.78 is 18.8. The second-order valence-electron chi connectivity index (χ2n) is 6.16. The fourth-order valence-corrected chi connectivity index (χ4v) is 2.80. The number of anilines is 1. The van der Waals surface area contributed by atoms with Crippen molar-refractivity contribution in [3.63, 3.8) is 0 Å². The van der Waals surface area contributed by atoms with Crippen molar-refractivity contribution in [3.8, 4) is 17.2 Å². The van der Waals surface area contributed by atoms with Gasteiger partial charge in [-0.15, -0.1) is 10.2 Å².